The Labute approximate surface area is 125 Å². The summed E-state index contributed by atoms with van der Waals surface area (Å²) in [6.45, 7) is 1.27. The van der Waals surface area contributed by atoms with Gasteiger partial charge < -0.3 is 10.4 Å². The predicted octanol–water partition coefficient (Wildman–Crippen LogP) is 1.05. The highest BCUT2D eigenvalue weighted by Gasteiger charge is 2.20. The fourth-order valence-corrected chi connectivity index (χ4v) is 1.88. The van der Waals surface area contributed by atoms with Gasteiger partial charge in [-0.05, 0) is 12.1 Å². The van der Waals surface area contributed by atoms with Crippen LogP contribution in [0.2, 0.25) is 5.02 Å². The van der Waals surface area contributed by atoms with Crippen LogP contribution in [0.25, 0.3) is 5.82 Å². The maximum Gasteiger partial charge on any atom is 0.326 e. The lowest BCUT2D eigenvalue weighted by molar-refractivity contribution is -0.141. The molecule has 2 N–H and O–H groups in total. The van der Waals surface area contributed by atoms with Crippen LogP contribution >= 0.6 is 11.6 Å². The summed E-state index contributed by atoms with van der Waals surface area (Å²) in [5.41, 5.74) is 0.535. The summed E-state index contributed by atoms with van der Waals surface area (Å²) in [6, 6.07) is 2.40. The van der Waals surface area contributed by atoms with E-state index in [2.05, 4.69) is 15.3 Å². The van der Waals surface area contributed by atoms with Crippen LogP contribution in [0, 0.1) is 0 Å². The van der Waals surface area contributed by atoms with Crippen LogP contribution in [0.1, 0.15) is 12.6 Å². The monoisotopic (exact) mass is 308 g/mol. The lowest BCUT2D eigenvalue weighted by Crippen LogP contribution is -2.41. The molecule has 0 unspecified atom stereocenters. The van der Waals surface area contributed by atoms with Crippen molar-refractivity contribution in [3.63, 3.8) is 0 Å². The summed E-state index contributed by atoms with van der Waals surface area (Å²) < 4.78 is 1.65. The molecule has 0 saturated carbocycles. The molecule has 110 valence electrons. The van der Waals surface area contributed by atoms with Crippen molar-refractivity contribution < 1.29 is 14.7 Å². The van der Waals surface area contributed by atoms with Crippen LogP contribution in [-0.2, 0) is 16.0 Å². The minimum absolute atomic E-state index is 0.0928. The Morgan fingerprint density at radius 2 is 2.19 bits per heavy atom. The average molecular weight is 309 g/mol. The molecule has 2 aromatic rings. The summed E-state index contributed by atoms with van der Waals surface area (Å²) in [5, 5.41) is 11.9. The van der Waals surface area contributed by atoms with Crippen LogP contribution in [0.5, 0.6) is 0 Å². The maximum absolute atomic E-state index is 11.1. The SMILES string of the molecule is CC(=O)N[C@@H](Cc1cn(-c2ccc(Cl)cn2)cn1)C(=O)O. The molecule has 2 heterocycles. The number of hydrogen-bond donors (Lipinski definition) is 2. The van der Waals surface area contributed by atoms with Gasteiger partial charge in [0.25, 0.3) is 0 Å². The van der Waals surface area contributed by atoms with Gasteiger partial charge in [-0.15, -0.1) is 0 Å². The molecule has 0 bridgehead atoms. The number of carboxylic acids is 1. The van der Waals surface area contributed by atoms with Crippen molar-refractivity contribution in [3.05, 3.63) is 41.6 Å². The summed E-state index contributed by atoms with van der Waals surface area (Å²) in [4.78, 5) is 30.3. The number of aromatic nitrogens is 3. The van der Waals surface area contributed by atoms with Gasteiger partial charge in [-0.3, -0.25) is 9.36 Å². The van der Waals surface area contributed by atoms with Gasteiger partial charge in [0.1, 0.15) is 18.2 Å². The van der Waals surface area contributed by atoms with Gasteiger partial charge in [0, 0.05) is 25.7 Å². The molecule has 7 nitrogen and oxygen atoms in total. The number of aliphatic carboxylic acids is 1. The number of nitrogens with zero attached hydrogens (tertiary/aromatic N) is 3. The molecule has 0 radical (unpaired) electrons. The van der Waals surface area contributed by atoms with E-state index in [1.54, 1.807) is 22.9 Å². The number of carbonyl (C=O) groups is 2. The lowest BCUT2D eigenvalue weighted by Gasteiger charge is -2.11. The van der Waals surface area contributed by atoms with Crippen LogP contribution < -0.4 is 5.32 Å². The highest BCUT2D eigenvalue weighted by molar-refractivity contribution is 6.30. The number of halogens is 1. The predicted molar refractivity (Wildman–Crippen MR) is 75.3 cm³/mol. The first-order valence-corrected chi connectivity index (χ1v) is 6.48. The Morgan fingerprint density at radius 1 is 1.43 bits per heavy atom. The first-order chi connectivity index (χ1) is 9.95. The molecule has 1 amide bonds. The molecule has 0 aromatic carbocycles. The summed E-state index contributed by atoms with van der Waals surface area (Å²) in [5.74, 6) is -0.893. The second-order valence-electron chi connectivity index (χ2n) is 4.40. The quantitative estimate of drug-likeness (QED) is 0.860. The zero-order valence-electron chi connectivity index (χ0n) is 11.2. The molecule has 1 atom stereocenters. The van der Waals surface area contributed by atoms with E-state index in [0.29, 0.717) is 16.5 Å². The summed E-state index contributed by atoms with van der Waals surface area (Å²) in [7, 11) is 0. The van der Waals surface area contributed by atoms with E-state index in [-0.39, 0.29) is 6.42 Å². The van der Waals surface area contributed by atoms with E-state index in [9.17, 15) is 9.59 Å². The Bertz CT molecular complexity index is 654. The highest BCUT2D eigenvalue weighted by atomic mass is 35.5. The van der Waals surface area contributed by atoms with Gasteiger partial charge in [-0.25, -0.2) is 14.8 Å². The Kier molecular flexibility index (Phi) is 4.54. The molecular formula is C13H13ClN4O3. The number of carboxylic acid groups (broad SMARTS) is 1. The number of hydrogen-bond acceptors (Lipinski definition) is 4. The van der Waals surface area contributed by atoms with Crippen LogP contribution in [0.3, 0.4) is 0 Å². The van der Waals surface area contributed by atoms with E-state index in [1.165, 1.54) is 19.4 Å². The molecule has 2 rings (SSSR count). The summed E-state index contributed by atoms with van der Waals surface area (Å²) >= 11 is 5.76. The number of pyridine rings is 1. The molecular weight excluding hydrogens is 296 g/mol. The maximum atomic E-state index is 11.1. The molecule has 0 aliphatic heterocycles. The normalized spacial score (nSPS) is 11.9. The van der Waals surface area contributed by atoms with Gasteiger partial charge in [0.15, 0.2) is 0 Å². The standard InChI is InChI=1S/C13H13ClN4O3/c1-8(19)17-11(13(20)21)4-10-6-18(7-16-10)12-3-2-9(14)5-15-12/h2-3,5-7,11H,4H2,1H3,(H,17,19)(H,20,21)/t11-/m0/s1. The first-order valence-electron chi connectivity index (χ1n) is 6.10. The molecule has 21 heavy (non-hydrogen) atoms. The molecule has 0 saturated heterocycles. The molecule has 2 aromatic heterocycles. The van der Waals surface area contributed by atoms with Crippen molar-refractivity contribution in [3.8, 4) is 5.82 Å². The van der Waals surface area contributed by atoms with Crippen LogP contribution in [-0.4, -0.2) is 37.6 Å². The third kappa shape index (κ3) is 4.03. The van der Waals surface area contributed by atoms with Gasteiger partial charge >= 0.3 is 5.97 Å². The fourth-order valence-electron chi connectivity index (χ4n) is 1.77. The van der Waals surface area contributed by atoms with Crippen molar-refractivity contribution in [1.82, 2.24) is 19.9 Å². The van der Waals surface area contributed by atoms with E-state index in [1.807, 2.05) is 0 Å². The van der Waals surface area contributed by atoms with Gasteiger partial charge in [0.2, 0.25) is 5.91 Å². The number of carbonyl (C=O) groups excluding carboxylic acids is 1. The number of nitrogens with one attached hydrogen (secondary N) is 1. The zero-order chi connectivity index (χ0) is 15.4. The molecule has 0 aliphatic rings. The lowest BCUT2D eigenvalue weighted by atomic mass is 10.1. The van der Waals surface area contributed by atoms with Crippen LogP contribution in [0.4, 0.5) is 0 Å². The van der Waals surface area contributed by atoms with Crippen molar-refractivity contribution in [2.24, 2.45) is 0 Å². The molecule has 0 aliphatic carbocycles. The first kappa shape index (κ1) is 15.0. The van der Waals surface area contributed by atoms with Crippen molar-refractivity contribution in [2.45, 2.75) is 19.4 Å². The van der Waals surface area contributed by atoms with Gasteiger partial charge in [-0.1, -0.05) is 11.6 Å². The van der Waals surface area contributed by atoms with E-state index in [0.717, 1.165) is 0 Å². The van der Waals surface area contributed by atoms with E-state index in [4.69, 9.17) is 16.7 Å². The van der Waals surface area contributed by atoms with Crippen molar-refractivity contribution in [1.29, 1.82) is 0 Å². The van der Waals surface area contributed by atoms with Crippen molar-refractivity contribution in [2.75, 3.05) is 0 Å². The molecule has 0 spiro atoms. The molecule has 8 heteroatoms. The third-order valence-electron chi connectivity index (χ3n) is 2.70. The second-order valence-corrected chi connectivity index (χ2v) is 4.84. The van der Waals surface area contributed by atoms with E-state index < -0.39 is 17.9 Å². The van der Waals surface area contributed by atoms with Gasteiger partial charge in [-0.2, -0.15) is 0 Å². The topological polar surface area (TPSA) is 97.1 Å². The average Bonchev–Trinajstić information content (AvgIpc) is 2.87. The fraction of sp³-hybridized carbons (Fsp3) is 0.231. The van der Waals surface area contributed by atoms with Gasteiger partial charge in [0.05, 0.1) is 10.7 Å². The Hall–Kier alpha value is -2.41. The highest BCUT2D eigenvalue weighted by Crippen LogP contribution is 2.11. The number of rotatable bonds is 5. The molecule has 0 fully saturated rings. The largest absolute Gasteiger partial charge is 0.480 e. The second kappa shape index (κ2) is 6.36. The van der Waals surface area contributed by atoms with Crippen LogP contribution in [0.15, 0.2) is 30.9 Å². The number of imidazole rings is 1. The smallest absolute Gasteiger partial charge is 0.326 e. The zero-order valence-corrected chi connectivity index (χ0v) is 11.9. The Morgan fingerprint density at radius 3 is 2.76 bits per heavy atom. The number of amides is 1. The third-order valence-corrected chi connectivity index (χ3v) is 2.92. The van der Waals surface area contributed by atoms with Crippen molar-refractivity contribution >= 4 is 23.5 Å². The van der Waals surface area contributed by atoms with E-state index >= 15 is 0 Å². The Balaban J connectivity index is 2.13. The summed E-state index contributed by atoms with van der Waals surface area (Å²) in [6.07, 6.45) is 4.79. The minimum atomic E-state index is -1.11. The minimum Gasteiger partial charge on any atom is -0.480 e.